The summed E-state index contributed by atoms with van der Waals surface area (Å²) in [6.45, 7) is 2.01. The van der Waals surface area contributed by atoms with Crippen molar-refractivity contribution < 1.29 is 4.79 Å². The van der Waals surface area contributed by atoms with Gasteiger partial charge >= 0.3 is 0 Å². The molecule has 1 aliphatic carbocycles. The van der Waals surface area contributed by atoms with E-state index in [4.69, 9.17) is 0 Å². The second-order valence-electron chi connectivity index (χ2n) is 5.48. The van der Waals surface area contributed by atoms with Crippen molar-refractivity contribution in [2.24, 2.45) is 5.92 Å². The summed E-state index contributed by atoms with van der Waals surface area (Å²) in [6, 6.07) is 0. The third-order valence-electron chi connectivity index (χ3n) is 3.81. The van der Waals surface area contributed by atoms with Crippen LogP contribution in [-0.4, -0.2) is 24.8 Å². The summed E-state index contributed by atoms with van der Waals surface area (Å²) in [6.07, 6.45) is 11.8. The van der Waals surface area contributed by atoms with E-state index in [0.717, 1.165) is 18.5 Å². The van der Waals surface area contributed by atoms with Crippen LogP contribution in [0.4, 0.5) is 0 Å². The smallest absolute Gasteiger partial charge is 0.160 e. The molecule has 0 radical (unpaired) electrons. The lowest BCUT2D eigenvalue weighted by atomic mass is 9.92. The Morgan fingerprint density at radius 2 is 1.47 bits per heavy atom. The molecule has 0 spiro atoms. The highest BCUT2D eigenvalue weighted by molar-refractivity contribution is 5.92. The van der Waals surface area contributed by atoms with Crippen molar-refractivity contribution in [3.63, 3.8) is 0 Å². The van der Waals surface area contributed by atoms with Crippen LogP contribution in [-0.2, 0) is 4.79 Å². The molecule has 1 aliphatic rings. The highest BCUT2D eigenvalue weighted by Gasteiger charge is 2.17. The van der Waals surface area contributed by atoms with Crippen LogP contribution < -0.4 is 0 Å². The van der Waals surface area contributed by atoms with Gasteiger partial charge < -0.3 is 4.90 Å². The van der Waals surface area contributed by atoms with Crippen molar-refractivity contribution in [1.29, 1.82) is 0 Å². The molecule has 0 aromatic rings. The number of nitrogens with zero attached hydrogens (tertiary/aromatic N) is 1. The topological polar surface area (TPSA) is 20.3 Å². The van der Waals surface area contributed by atoms with Crippen LogP contribution in [0.2, 0.25) is 0 Å². The Bertz CT molecular complexity index is 258. The van der Waals surface area contributed by atoms with E-state index in [9.17, 15) is 4.79 Å². The fraction of sp³-hybridized carbons (Fsp3) is 0.800. The van der Waals surface area contributed by atoms with Gasteiger partial charge in [-0.3, -0.25) is 4.79 Å². The molecular weight excluding hydrogens is 210 g/mol. The van der Waals surface area contributed by atoms with E-state index in [0.29, 0.717) is 5.78 Å². The maximum atomic E-state index is 12.2. The van der Waals surface area contributed by atoms with Crippen molar-refractivity contribution >= 4 is 5.78 Å². The number of carbonyl (C=O) groups excluding carboxylic acids is 1. The van der Waals surface area contributed by atoms with Gasteiger partial charge in [0.15, 0.2) is 5.78 Å². The molecule has 0 N–H and O–H groups in total. The van der Waals surface area contributed by atoms with Crippen molar-refractivity contribution in [1.82, 2.24) is 4.90 Å². The first-order chi connectivity index (χ1) is 8.11. The molecule has 0 atom stereocenters. The highest BCUT2D eigenvalue weighted by atomic mass is 16.1. The van der Waals surface area contributed by atoms with Gasteiger partial charge in [-0.05, 0) is 19.8 Å². The number of hydrogen-bond donors (Lipinski definition) is 0. The minimum absolute atomic E-state index is 0.281. The standard InChI is InChI=1S/C15H27NO/c1-13(16(2)3)12-15(17)14-10-8-6-4-5-7-9-11-14/h12,14H,4-11H2,1-3H3/b13-12-. The van der Waals surface area contributed by atoms with E-state index >= 15 is 0 Å². The number of allylic oxidation sites excluding steroid dienone is 2. The van der Waals surface area contributed by atoms with Crippen molar-refractivity contribution in [2.75, 3.05) is 14.1 Å². The van der Waals surface area contributed by atoms with Crippen LogP contribution >= 0.6 is 0 Å². The molecule has 0 amide bonds. The Morgan fingerprint density at radius 1 is 1.00 bits per heavy atom. The molecule has 2 heteroatoms. The molecule has 1 saturated carbocycles. The molecule has 0 heterocycles. The first-order valence-corrected chi connectivity index (χ1v) is 7.00. The van der Waals surface area contributed by atoms with Gasteiger partial charge in [-0.25, -0.2) is 0 Å². The number of rotatable bonds is 3. The normalized spacial score (nSPS) is 20.3. The monoisotopic (exact) mass is 237 g/mol. The molecular formula is C15H27NO. The fourth-order valence-electron chi connectivity index (χ4n) is 2.37. The lowest BCUT2D eigenvalue weighted by Gasteiger charge is -2.16. The van der Waals surface area contributed by atoms with Gasteiger partial charge in [0, 0.05) is 31.8 Å². The minimum atomic E-state index is 0.281. The van der Waals surface area contributed by atoms with E-state index in [2.05, 4.69) is 0 Å². The van der Waals surface area contributed by atoms with E-state index in [-0.39, 0.29) is 5.92 Å². The van der Waals surface area contributed by atoms with Crippen molar-refractivity contribution in [3.05, 3.63) is 11.8 Å². The zero-order valence-corrected chi connectivity index (χ0v) is 11.7. The Balaban J connectivity index is 2.55. The molecule has 2 nitrogen and oxygen atoms in total. The lowest BCUT2D eigenvalue weighted by Crippen LogP contribution is -2.16. The van der Waals surface area contributed by atoms with Crippen LogP contribution in [0.1, 0.15) is 58.3 Å². The summed E-state index contributed by atoms with van der Waals surface area (Å²) < 4.78 is 0. The molecule has 17 heavy (non-hydrogen) atoms. The van der Waals surface area contributed by atoms with Gasteiger partial charge in [-0.15, -0.1) is 0 Å². The van der Waals surface area contributed by atoms with Crippen LogP contribution in [0.5, 0.6) is 0 Å². The molecule has 0 saturated heterocycles. The van der Waals surface area contributed by atoms with Gasteiger partial charge in [-0.2, -0.15) is 0 Å². The number of hydrogen-bond acceptors (Lipinski definition) is 2. The van der Waals surface area contributed by atoms with Gasteiger partial charge in [0.05, 0.1) is 0 Å². The number of ketones is 1. The van der Waals surface area contributed by atoms with Crippen molar-refractivity contribution in [2.45, 2.75) is 58.3 Å². The second kappa shape index (κ2) is 7.52. The van der Waals surface area contributed by atoms with Gasteiger partial charge in [0.25, 0.3) is 0 Å². The summed E-state index contributed by atoms with van der Waals surface area (Å²) in [5.41, 5.74) is 1.06. The van der Waals surface area contributed by atoms with E-state index in [1.807, 2.05) is 32.0 Å². The van der Waals surface area contributed by atoms with E-state index in [1.54, 1.807) is 0 Å². The third kappa shape index (κ3) is 5.38. The fourth-order valence-corrected chi connectivity index (χ4v) is 2.37. The average Bonchev–Trinajstić information content (AvgIpc) is 2.41. The van der Waals surface area contributed by atoms with Crippen LogP contribution in [0.25, 0.3) is 0 Å². The molecule has 0 bridgehead atoms. The summed E-state index contributed by atoms with van der Waals surface area (Å²) in [5.74, 6) is 0.626. The molecule has 0 aliphatic heterocycles. The maximum Gasteiger partial charge on any atom is 0.160 e. The average molecular weight is 237 g/mol. The number of carbonyl (C=O) groups is 1. The summed E-state index contributed by atoms with van der Waals surface area (Å²) in [4.78, 5) is 14.2. The summed E-state index contributed by atoms with van der Waals surface area (Å²) >= 11 is 0. The molecule has 0 unspecified atom stereocenters. The zero-order valence-electron chi connectivity index (χ0n) is 11.7. The first kappa shape index (κ1) is 14.3. The van der Waals surface area contributed by atoms with Crippen LogP contribution in [0.15, 0.2) is 11.8 Å². The predicted molar refractivity (Wildman–Crippen MR) is 72.9 cm³/mol. The van der Waals surface area contributed by atoms with Crippen LogP contribution in [0.3, 0.4) is 0 Å². The largest absolute Gasteiger partial charge is 0.381 e. The van der Waals surface area contributed by atoms with E-state index < -0.39 is 0 Å². The predicted octanol–water partition coefficient (Wildman–Crippen LogP) is 3.77. The highest BCUT2D eigenvalue weighted by Crippen LogP contribution is 2.23. The summed E-state index contributed by atoms with van der Waals surface area (Å²) in [5, 5.41) is 0. The molecule has 1 rings (SSSR count). The lowest BCUT2D eigenvalue weighted by molar-refractivity contribution is -0.118. The van der Waals surface area contributed by atoms with Gasteiger partial charge in [0.1, 0.15) is 0 Å². The molecule has 0 aromatic carbocycles. The van der Waals surface area contributed by atoms with E-state index in [1.165, 1.54) is 38.5 Å². The second-order valence-corrected chi connectivity index (χ2v) is 5.48. The maximum absolute atomic E-state index is 12.2. The SMILES string of the molecule is C/C(=C/C(=O)C1CCCCCCCC1)N(C)C. The Morgan fingerprint density at radius 3 is 1.94 bits per heavy atom. The first-order valence-electron chi connectivity index (χ1n) is 7.00. The Labute approximate surface area is 106 Å². The zero-order chi connectivity index (χ0) is 12.7. The third-order valence-corrected chi connectivity index (χ3v) is 3.81. The Kier molecular flexibility index (Phi) is 6.31. The molecule has 98 valence electrons. The minimum Gasteiger partial charge on any atom is -0.381 e. The van der Waals surface area contributed by atoms with Gasteiger partial charge in [0.2, 0.25) is 0 Å². The molecule has 0 aromatic heterocycles. The summed E-state index contributed by atoms with van der Waals surface area (Å²) in [7, 11) is 3.98. The Hall–Kier alpha value is -0.790. The van der Waals surface area contributed by atoms with Crippen LogP contribution in [0, 0.1) is 5.92 Å². The quantitative estimate of drug-likeness (QED) is 0.696. The van der Waals surface area contributed by atoms with Crippen molar-refractivity contribution in [3.8, 4) is 0 Å². The molecule has 1 fully saturated rings. The van der Waals surface area contributed by atoms with Gasteiger partial charge in [-0.1, -0.05) is 38.5 Å².